The van der Waals surface area contributed by atoms with E-state index in [0.29, 0.717) is 10.6 Å². The number of rotatable bonds is 5. The smallest absolute Gasteiger partial charge is 0.134 e. The van der Waals surface area contributed by atoms with Gasteiger partial charge < -0.3 is 4.74 Å². The highest BCUT2D eigenvalue weighted by Gasteiger charge is 2.09. The second-order valence-electron chi connectivity index (χ2n) is 5.38. The largest absolute Gasteiger partial charge is 0.497 e. The Balaban J connectivity index is 1.86. The zero-order valence-corrected chi connectivity index (χ0v) is 16.4. The van der Waals surface area contributed by atoms with Gasteiger partial charge in [-0.3, -0.25) is 0 Å². The van der Waals surface area contributed by atoms with Crippen molar-refractivity contribution in [2.45, 2.75) is 0 Å². The number of allylic oxidation sites excluding steroid dienone is 3. The fraction of sp³-hybridized carbons (Fsp3) is 0.0476. The number of thiazole rings is 1. The van der Waals surface area contributed by atoms with Gasteiger partial charge in [-0.05, 0) is 42.0 Å². The molecule has 0 aliphatic heterocycles. The summed E-state index contributed by atoms with van der Waals surface area (Å²) in [4.78, 5) is 4.61. The van der Waals surface area contributed by atoms with E-state index in [-0.39, 0.29) is 0 Å². The third-order valence-corrected chi connectivity index (χ3v) is 4.96. The summed E-state index contributed by atoms with van der Waals surface area (Å²) in [5.41, 5.74) is 3.42. The molecule has 0 aliphatic rings. The van der Waals surface area contributed by atoms with Crippen LogP contribution in [-0.4, -0.2) is 12.1 Å². The highest BCUT2D eigenvalue weighted by molar-refractivity contribution is 9.12. The average Bonchev–Trinajstić information content (AvgIpc) is 3.17. The first-order chi connectivity index (χ1) is 12.7. The van der Waals surface area contributed by atoms with E-state index in [1.54, 1.807) is 13.2 Å². The summed E-state index contributed by atoms with van der Waals surface area (Å²) in [5.74, 6) is 0.803. The number of methoxy groups -OCH3 is 1. The van der Waals surface area contributed by atoms with Crippen molar-refractivity contribution in [1.82, 2.24) is 4.98 Å². The molecular formula is C21H15BrN2OS. The van der Waals surface area contributed by atoms with Crippen molar-refractivity contribution in [3.63, 3.8) is 0 Å². The van der Waals surface area contributed by atoms with Gasteiger partial charge in [0, 0.05) is 15.4 Å². The molecule has 0 amide bonds. The fourth-order valence-electron chi connectivity index (χ4n) is 2.32. The first-order valence-electron chi connectivity index (χ1n) is 7.84. The van der Waals surface area contributed by atoms with E-state index in [4.69, 9.17) is 4.74 Å². The lowest BCUT2D eigenvalue weighted by Gasteiger charge is -2.00. The molecular weight excluding hydrogens is 408 g/mol. The predicted molar refractivity (Wildman–Crippen MR) is 111 cm³/mol. The maximum absolute atomic E-state index is 9.53. The number of ether oxygens (including phenoxy) is 1. The summed E-state index contributed by atoms with van der Waals surface area (Å²) in [6, 6.07) is 19.9. The van der Waals surface area contributed by atoms with Crippen LogP contribution in [-0.2, 0) is 0 Å². The number of hydrogen-bond acceptors (Lipinski definition) is 4. The number of nitrogens with zero attached hydrogens (tertiary/aromatic N) is 2. The van der Waals surface area contributed by atoms with Gasteiger partial charge in [-0.2, -0.15) is 5.26 Å². The quantitative estimate of drug-likeness (QED) is 0.365. The maximum atomic E-state index is 9.53. The number of halogens is 1. The van der Waals surface area contributed by atoms with Crippen LogP contribution in [0.15, 0.2) is 70.5 Å². The number of aromatic nitrogens is 1. The number of nitriles is 1. The Morgan fingerprint density at radius 1 is 1.15 bits per heavy atom. The lowest BCUT2D eigenvalue weighted by molar-refractivity contribution is 0.415. The van der Waals surface area contributed by atoms with Crippen molar-refractivity contribution in [2.24, 2.45) is 0 Å². The van der Waals surface area contributed by atoms with Crippen LogP contribution in [0.4, 0.5) is 0 Å². The first-order valence-corrected chi connectivity index (χ1v) is 9.51. The molecule has 0 atom stereocenters. The first kappa shape index (κ1) is 18.1. The highest BCUT2D eigenvalue weighted by atomic mass is 79.9. The molecule has 0 radical (unpaired) electrons. The normalized spacial score (nSPS) is 11.9. The van der Waals surface area contributed by atoms with Gasteiger partial charge >= 0.3 is 0 Å². The molecule has 5 heteroatoms. The molecule has 2 aromatic carbocycles. The van der Waals surface area contributed by atoms with E-state index in [1.165, 1.54) is 11.3 Å². The molecule has 0 bridgehead atoms. The van der Waals surface area contributed by atoms with Crippen LogP contribution in [0.5, 0.6) is 5.75 Å². The van der Waals surface area contributed by atoms with Gasteiger partial charge in [0.2, 0.25) is 0 Å². The Labute approximate surface area is 165 Å². The Kier molecular flexibility index (Phi) is 6.00. The Hall–Kier alpha value is -2.68. The molecule has 0 spiro atoms. The minimum absolute atomic E-state index is 0.522. The Morgan fingerprint density at radius 3 is 2.54 bits per heavy atom. The van der Waals surface area contributed by atoms with Crippen LogP contribution >= 0.6 is 27.3 Å². The van der Waals surface area contributed by atoms with Crippen molar-refractivity contribution < 1.29 is 4.74 Å². The minimum Gasteiger partial charge on any atom is -0.497 e. The van der Waals surface area contributed by atoms with Crippen LogP contribution in [0.2, 0.25) is 0 Å². The summed E-state index contributed by atoms with van der Waals surface area (Å²) in [6.07, 6.45) is 3.76. The lowest BCUT2D eigenvalue weighted by atomic mass is 10.1. The standard InChI is InChI=1S/C21H15BrN2OS/c1-25-19-9-7-16(8-10-19)20-14-26-21(24-20)17(13-23)12-18(22)11-15-5-3-2-4-6-15/h2-12,14H,1H3/b17-12+,18-11?. The second-order valence-corrected chi connectivity index (χ2v) is 7.15. The van der Waals surface area contributed by atoms with Crippen LogP contribution in [0.3, 0.4) is 0 Å². The highest BCUT2D eigenvalue weighted by Crippen LogP contribution is 2.28. The molecule has 0 aliphatic carbocycles. The third-order valence-electron chi connectivity index (χ3n) is 3.63. The molecule has 3 nitrogen and oxygen atoms in total. The van der Waals surface area contributed by atoms with Gasteiger partial charge in [0.15, 0.2) is 0 Å². The summed E-state index contributed by atoms with van der Waals surface area (Å²) in [6.45, 7) is 0. The minimum atomic E-state index is 0.522. The van der Waals surface area contributed by atoms with Crippen LogP contribution < -0.4 is 4.74 Å². The van der Waals surface area contributed by atoms with Crippen LogP contribution in [0, 0.1) is 11.3 Å². The van der Waals surface area contributed by atoms with E-state index in [0.717, 1.165) is 27.1 Å². The van der Waals surface area contributed by atoms with Crippen molar-refractivity contribution in [2.75, 3.05) is 7.11 Å². The Morgan fingerprint density at radius 2 is 1.88 bits per heavy atom. The summed E-state index contributed by atoms with van der Waals surface area (Å²) in [7, 11) is 1.64. The molecule has 26 heavy (non-hydrogen) atoms. The molecule has 0 N–H and O–H groups in total. The molecule has 0 saturated heterocycles. The predicted octanol–water partition coefficient (Wildman–Crippen LogP) is 6.16. The zero-order chi connectivity index (χ0) is 18.4. The molecule has 128 valence electrons. The molecule has 1 heterocycles. The third kappa shape index (κ3) is 4.48. The molecule has 0 unspecified atom stereocenters. The lowest BCUT2D eigenvalue weighted by Crippen LogP contribution is -1.84. The van der Waals surface area contributed by atoms with Crippen LogP contribution in [0.25, 0.3) is 22.9 Å². The van der Waals surface area contributed by atoms with E-state index >= 15 is 0 Å². The summed E-state index contributed by atoms with van der Waals surface area (Å²) >= 11 is 4.97. The van der Waals surface area contributed by atoms with Gasteiger partial charge in [0.1, 0.15) is 16.8 Å². The second kappa shape index (κ2) is 8.61. The monoisotopic (exact) mass is 422 g/mol. The van der Waals surface area contributed by atoms with Crippen molar-refractivity contribution in [1.29, 1.82) is 5.26 Å². The molecule has 1 aromatic heterocycles. The summed E-state index contributed by atoms with van der Waals surface area (Å²) < 4.78 is 6.00. The van der Waals surface area contributed by atoms with E-state index in [9.17, 15) is 5.26 Å². The van der Waals surface area contributed by atoms with E-state index < -0.39 is 0 Å². The SMILES string of the molecule is COc1ccc(-c2csc(/C(C#N)=C/C(Br)=Cc3ccccc3)n2)cc1. The van der Waals surface area contributed by atoms with Crippen LogP contribution in [0.1, 0.15) is 10.6 Å². The average molecular weight is 423 g/mol. The maximum Gasteiger partial charge on any atom is 0.134 e. The zero-order valence-electron chi connectivity index (χ0n) is 14.0. The fourth-order valence-corrected chi connectivity index (χ4v) is 3.61. The molecule has 0 fully saturated rings. The van der Waals surface area contributed by atoms with Gasteiger partial charge in [0.25, 0.3) is 0 Å². The molecule has 3 rings (SSSR count). The molecule has 0 saturated carbocycles. The van der Waals surface area contributed by atoms with Crippen molar-refractivity contribution in [3.8, 4) is 23.1 Å². The van der Waals surface area contributed by atoms with Crippen molar-refractivity contribution >= 4 is 38.9 Å². The van der Waals surface area contributed by atoms with Crippen molar-refractivity contribution in [3.05, 3.63) is 81.1 Å². The van der Waals surface area contributed by atoms with Gasteiger partial charge in [0.05, 0.1) is 18.4 Å². The molecule has 3 aromatic rings. The van der Waals surface area contributed by atoms with E-state index in [1.807, 2.05) is 66.1 Å². The van der Waals surface area contributed by atoms with Gasteiger partial charge in [-0.25, -0.2) is 4.98 Å². The number of hydrogen-bond donors (Lipinski definition) is 0. The van der Waals surface area contributed by atoms with Gasteiger partial charge in [-0.1, -0.05) is 46.3 Å². The summed E-state index contributed by atoms with van der Waals surface area (Å²) in [5, 5.41) is 12.2. The number of benzene rings is 2. The topological polar surface area (TPSA) is 45.9 Å². The van der Waals surface area contributed by atoms with Gasteiger partial charge in [-0.15, -0.1) is 11.3 Å². The van der Waals surface area contributed by atoms with E-state index in [2.05, 4.69) is 27.0 Å². The Bertz CT molecular complexity index is 983.